The van der Waals surface area contributed by atoms with E-state index in [4.69, 9.17) is 16.3 Å². The number of amides is 1. The third kappa shape index (κ3) is 7.84. The standard InChI is InChI=1S/C23H29ClN2O5S/c1-4-5-15-31-23(28)18-9-12-20(13-10-18)25-22(27)7-6-14-26(32(3,29)30)21-16-19(24)11-8-17(21)2/h8-13,16H,4-7,14-15H2,1-3H3,(H,25,27). The number of nitrogens with one attached hydrogen (secondary N) is 1. The van der Waals surface area contributed by atoms with Gasteiger partial charge in [-0.05, 0) is 61.7 Å². The van der Waals surface area contributed by atoms with Crippen molar-refractivity contribution in [3.05, 3.63) is 58.6 Å². The van der Waals surface area contributed by atoms with Gasteiger partial charge < -0.3 is 10.1 Å². The first-order valence-corrected chi connectivity index (χ1v) is 12.7. The lowest BCUT2D eigenvalue weighted by molar-refractivity contribution is -0.116. The van der Waals surface area contributed by atoms with Crippen LogP contribution in [0.2, 0.25) is 5.02 Å². The summed E-state index contributed by atoms with van der Waals surface area (Å²) in [6.07, 6.45) is 3.34. The van der Waals surface area contributed by atoms with Gasteiger partial charge in [-0.15, -0.1) is 0 Å². The Hall–Kier alpha value is -2.58. The SMILES string of the molecule is CCCCOC(=O)c1ccc(NC(=O)CCCN(c2cc(Cl)ccc2C)S(C)(=O)=O)cc1. The van der Waals surface area contributed by atoms with Gasteiger partial charge in [-0.25, -0.2) is 13.2 Å². The number of sulfonamides is 1. The van der Waals surface area contributed by atoms with Crippen molar-refractivity contribution in [2.24, 2.45) is 0 Å². The van der Waals surface area contributed by atoms with E-state index >= 15 is 0 Å². The smallest absolute Gasteiger partial charge is 0.338 e. The van der Waals surface area contributed by atoms with Crippen LogP contribution in [-0.2, 0) is 19.6 Å². The Kier molecular flexibility index (Phi) is 9.53. The molecule has 2 aromatic rings. The molecule has 0 unspecified atom stereocenters. The van der Waals surface area contributed by atoms with Crippen molar-refractivity contribution in [3.8, 4) is 0 Å². The van der Waals surface area contributed by atoms with Gasteiger partial charge in [0.05, 0.1) is 24.1 Å². The lowest BCUT2D eigenvalue weighted by Crippen LogP contribution is -2.32. The lowest BCUT2D eigenvalue weighted by Gasteiger charge is -2.24. The van der Waals surface area contributed by atoms with Gasteiger partial charge in [0.15, 0.2) is 0 Å². The van der Waals surface area contributed by atoms with E-state index in [2.05, 4.69) is 5.32 Å². The summed E-state index contributed by atoms with van der Waals surface area (Å²) in [6.45, 7) is 4.35. The van der Waals surface area contributed by atoms with Crippen LogP contribution >= 0.6 is 11.6 Å². The van der Waals surface area contributed by atoms with Gasteiger partial charge in [0, 0.05) is 23.7 Å². The van der Waals surface area contributed by atoms with Gasteiger partial charge in [0.1, 0.15) is 0 Å². The molecule has 0 saturated heterocycles. The maximum atomic E-state index is 12.3. The topological polar surface area (TPSA) is 92.8 Å². The second-order valence-corrected chi connectivity index (χ2v) is 9.83. The number of carbonyl (C=O) groups is 2. The van der Waals surface area contributed by atoms with E-state index in [0.717, 1.165) is 24.7 Å². The number of halogens is 1. The first kappa shape index (κ1) is 25.7. The Morgan fingerprint density at radius 1 is 1.09 bits per heavy atom. The molecule has 0 saturated carbocycles. The number of hydrogen-bond donors (Lipinski definition) is 1. The number of rotatable bonds is 11. The number of carbonyl (C=O) groups excluding carboxylic acids is 2. The molecule has 0 aliphatic heterocycles. The third-order valence-corrected chi connectivity index (χ3v) is 6.16. The monoisotopic (exact) mass is 480 g/mol. The van der Waals surface area contributed by atoms with Crippen LogP contribution in [0, 0.1) is 6.92 Å². The average molecular weight is 481 g/mol. The van der Waals surface area contributed by atoms with E-state index in [1.165, 1.54) is 4.31 Å². The van der Waals surface area contributed by atoms with E-state index in [1.807, 2.05) is 6.92 Å². The van der Waals surface area contributed by atoms with Crippen LogP contribution in [0.15, 0.2) is 42.5 Å². The summed E-state index contributed by atoms with van der Waals surface area (Å²) in [6, 6.07) is 11.5. The fraction of sp³-hybridized carbons (Fsp3) is 0.391. The zero-order valence-electron chi connectivity index (χ0n) is 18.6. The predicted molar refractivity (Wildman–Crippen MR) is 128 cm³/mol. The highest BCUT2D eigenvalue weighted by molar-refractivity contribution is 7.92. The zero-order valence-corrected chi connectivity index (χ0v) is 20.1. The highest BCUT2D eigenvalue weighted by atomic mass is 35.5. The predicted octanol–water partition coefficient (Wildman–Crippen LogP) is 4.79. The number of unbranched alkanes of at least 4 members (excludes halogenated alkanes) is 1. The Balaban J connectivity index is 1.91. The van der Waals surface area contributed by atoms with Crippen molar-refractivity contribution >= 4 is 44.9 Å². The molecule has 7 nitrogen and oxygen atoms in total. The summed E-state index contributed by atoms with van der Waals surface area (Å²) in [4.78, 5) is 24.2. The molecule has 32 heavy (non-hydrogen) atoms. The molecular weight excluding hydrogens is 452 g/mol. The summed E-state index contributed by atoms with van der Waals surface area (Å²) in [5.74, 6) is -0.645. The summed E-state index contributed by atoms with van der Waals surface area (Å²) in [5, 5.41) is 3.19. The molecule has 174 valence electrons. The molecule has 1 N–H and O–H groups in total. The quantitative estimate of drug-likeness (QED) is 0.368. The summed E-state index contributed by atoms with van der Waals surface area (Å²) < 4.78 is 31.0. The fourth-order valence-corrected chi connectivity index (χ4v) is 4.19. The van der Waals surface area contributed by atoms with Gasteiger partial charge in [-0.3, -0.25) is 9.10 Å². The third-order valence-electron chi connectivity index (χ3n) is 4.74. The molecule has 0 spiro atoms. The molecule has 0 aliphatic rings. The van der Waals surface area contributed by atoms with Gasteiger partial charge in [0.2, 0.25) is 15.9 Å². The van der Waals surface area contributed by atoms with Crippen LogP contribution in [0.3, 0.4) is 0 Å². The first-order chi connectivity index (χ1) is 15.1. The molecule has 0 bridgehead atoms. The van der Waals surface area contributed by atoms with Gasteiger partial charge in [-0.1, -0.05) is 31.0 Å². The van der Waals surface area contributed by atoms with Crippen LogP contribution in [-0.4, -0.2) is 39.7 Å². The van der Waals surface area contributed by atoms with E-state index in [0.29, 0.717) is 35.0 Å². The van der Waals surface area contributed by atoms with E-state index < -0.39 is 16.0 Å². The minimum atomic E-state index is -3.54. The number of nitrogens with zero attached hydrogens (tertiary/aromatic N) is 1. The molecule has 2 rings (SSSR count). The summed E-state index contributed by atoms with van der Waals surface area (Å²) in [5.41, 5.74) is 2.24. The van der Waals surface area contributed by atoms with Crippen LogP contribution < -0.4 is 9.62 Å². The molecule has 2 aromatic carbocycles. The van der Waals surface area contributed by atoms with E-state index in [1.54, 1.807) is 49.4 Å². The van der Waals surface area contributed by atoms with E-state index in [9.17, 15) is 18.0 Å². The highest BCUT2D eigenvalue weighted by Crippen LogP contribution is 2.26. The molecule has 0 aromatic heterocycles. The molecule has 0 fully saturated rings. The Morgan fingerprint density at radius 2 is 1.78 bits per heavy atom. The molecule has 9 heteroatoms. The largest absolute Gasteiger partial charge is 0.462 e. The lowest BCUT2D eigenvalue weighted by atomic mass is 10.2. The highest BCUT2D eigenvalue weighted by Gasteiger charge is 2.20. The maximum Gasteiger partial charge on any atom is 0.338 e. The van der Waals surface area contributed by atoms with Crippen molar-refractivity contribution in [2.45, 2.75) is 39.5 Å². The Labute approximate surface area is 194 Å². The average Bonchev–Trinajstić information content (AvgIpc) is 2.73. The Bertz CT molecular complexity index is 1040. The van der Waals surface area contributed by atoms with Crippen molar-refractivity contribution in [3.63, 3.8) is 0 Å². The first-order valence-electron chi connectivity index (χ1n) is 10.4. The number of ether oxygens (including phenoxy) is 1. The number of benzene rings is 2. The van der Waals surface area contributed by atoms with Crippen LogP contribution in [0.25, 0.3) is 0 Å². The second-order valence-electron chi connectivity index (χ2n) is 7.48. The molecule has 0 radical (unpaired) electrons. The molecule has 0 atom stereocenters. The fourth-order valence-electron chi connectivity index (χ4n) is 3.01. The van der Waals surface area contributed by atoms with Crippen molar-refractivity contribution in [1.82, 2.24) is 0 Å². The normalized spacial score (nSPS) is 11.1. The minimum absolute atomic E-state index is 0.131. The van der Waals surface area contributed by atoms with Crippen LogP contribution in [0.5, 0.6) is 0 Å². The van der Waals surface area contributed by atoms with Gasteiger partial charge in [-0.2, -0.15) is 0 Å². The van der Waals surface area contributed by atoms with Gasteiger partial charge >= 0.3 is 5.97 Å². The zero-order chi connectivity index (χ0) is 23.7. The molecular formula is C23H29ClN2O5S. The van der Waals surface area contributed by atoms with Crippen LogP contribution in [0.4, 0.5) is 11.4 Å². The maximum absolute atomic E-state index is 12.3. The van der Waals surface area contributed by atoms with Gasteiger partial charge in [0.25, 0.3) is 0 Å². The van der Waals surface area contributed by atoms with Crippen molar-refractivity contribution in [2.75, 3.05) is 29.0 Å². The number of anilines is 2. The minimum Gasteiger partial charge on any atom is -0.462 e. The second kappa shape index (κ2) is 11.9. The van der Waals surface area contributed by atoms with Crippen LogP contribution in [0.1, 0.15) is 48.5 Å². The van der Waals surface area contributed by atoms with E-state index in [-0.39, 0.29) is 18.9 Å². The number of esters is 1. The summed E-state index contributed by atoms with van der Waals surface area (Å²) >= 11 is 6.03. The molecule has 0 aliphatic carbocycles. The number of aryl methyl sites for hydroxylation is 1. The molecule has 1 amide bonds. The Morgan fingerprint density at radius 3 is 2.41 bits per heavy atom. The number of hydrogen-bond acceptors (Lipinski definition) is 5. The molecule has 0 heterocycles. The van der Waals surface area contributed by atoms with Crippen molar-refractivity contribution < 1.29 is 22.7 Å². The van der Waals surface area contributed by atoms with Crippen molar-refractivity contribution in [1.29, 1.82) is 0 Å². The summed E-state index contributed by atoms with van der Waals surface area (Å²) in [7, 11) is -3.54.